The second-order valence-corrected chi connectivity index (χ2v) is 18.5. The highest BCUT2D eigenvalue weighted by molar-refractivity contribution is 6.06. The number of aliphatic hydroxyl groups is 3. The van der Waals surface area contributed by atoms with E-state index < -0.39 is 23.8 Å². The van der Waals surface area contributed by atoms with Crippen LogP contribution in [0.3, 0.4) is 0 Å². The lowest BCUT2D eigenvalue weighted by atomic mass is 9.42. The number of aromatic nitrogens is 1. The molecule has 9 heteroatoms. The Hall–Kier alpha value is -3.97. The maximum atomic E-state index is 13.2. The van der Waals surface area contributed by atoms with Crippen LogP contribution in [0.5, 0.6) is 0 Å². The number of fused-ring (bicyclic) bond motifs is 6. The van der Waals surface area contributed by atoms with Crippen molar-refractivity contribution in [2.24, 2.45) is 46.3 Å². The van der Waals surface area contributed by atoms with Gasteiger partial charge in [-0.1, -0.05) is 76.3 Å². The third-order valence-corrected chi connectivity index (χ3v) is 15.3. The van der Waals surface area contributed by atoms with E-state index in [-0.39, 0.29) is 58.7 Å². The zero-order valence-corrected chi connectivity index (χ0v) is 34.4. The fraction of sp³-hybridized carbons (Fsp3) is 0.604. The number of nitrogens with one attached hydrogen (secondary N) is 1. The quantitative estimate of drug-likeness (QED) is 0.0737. The lowest BCUT2D eigenvalue weighted by Gasteiger charge is -2.64. The molecule has 2 aromatic carbocycles. The van der Waals surface area contributed by atoms with Crippen LogP contribution in [0, 0.1) is 65.1 Å². The molecule has 5 N–H and O–H groups in total. The second-order valence-electron chi connectivity index (χ2n) is 18.5. The molecule has 9 nitrogen and oxygen atoms in total. The molecule has 4 saturated carbocycles. The summed E-state index contributed by atoms with van der Waals surface area (Å²) < 4.78 is 5.61. The van der Waals surface area contributed by atoms with Crippen LogP contribution in [0.25, 0.3) is 10.9 Å². The highest BCUT2D eigenvalue weighted by atomic mass is 16.5. The lowest BCUT2D eigenvalue weighted by Crippen LogP contribution is -2.63. The van der Waals surface area contributed by atoms with Crippen molar-refractivity contribution in [2.45, 2.75) is 130 Å². The number of carbonyl (C=O) groups excluding carboxylic acids is 1. The van der Waals surface area contributed by atoms with Crippen LogP contribution in [0.1, 0.15) is 126 Å². The van der Waals surface area contributed by atoms with Gasteiger partial charge in [-0.15, -0.1) is 0 Å². The summed E-state index contributed by atoms with van der Waals surface area (Å²) in [5, 5.41) is 49.4. The number of unbranched alkanes of at least 4 members (excludes halogenated alkanes) is 1. The number of rotatable bonds is 11. The number of carbonyl (C=O) groups is 2. The number of hydrogen-bond acceptors (Lipinski definition) is 8. The molecule has 11 atom stereocenters. The standard InChI is InChI=1S/C48H62N2O7/c1-6-7-24-57-45(55)42-30(3)50-38-11-9-8-10-34(38)44(42)49-28-32-15-13-31(14-16-32)20-21-48(56)23-22-46(4)33(27-48)25-39(51)43-36-18-17-35(29(2)12-19-41(53)54)47(36,5)40(52)26-37(43)46/h8-11,13-16,29,33,35-37,39-40,43,51-52,56H,6-7,12,17-19,22-28H2,1-5H3,(H,49,50)(H,53,54)/t29?,33?,35-,36?,37?,39?,40?,43?,46?,47?,48-/m1/s1. The number of pyridine rings is 1. The first-order chi connectivity index (χ1) is 27.2. The summed E-state index contributed by atoms with van der Waals surface area (Å²) in [5.74, 6) is 6.30. The van der Waals surface area contributed by atoms with E-state index in [1.807, 2.05) is 55.5 Å². The van der Waals surface area contributed by atoms with Gasteiger partial charge in [0.25, 0.3) is 0 Å². The Bertz CT molecular complexity index is 2020. The molecule has 306 valence electrons. The fourth-order valence-corrected chi connectivity index (χ4v) is 12.0. The first-order valence-electron chi connectivity index (χ1n) is 21.4. The normalized spacial score (nSPS) is 33.6. The Kier molecular flexibility index (Phi) is 11.8. The molecule has 0 aliphatic heterocycles. The molecule has 9 unspecified atom stereocenters. The minimum Gasteiger partial charge on any atom is -0.481 e. The van der Waals surface area contributed by atoms with E-state index in [1.165, 1.54) is 0 Å². The topological polar surface area (TPSA) is 149 Å². The Balaban J connectivity index is 1.02. The predicted octanol–water partition coefficient (Wildman–Crippen LogP) is 8.30. The van der Waals surface area contributed by atoms with E-state index in [0.717, 1.165) is 54.1 Å². The summed E-state index contributed by atoms with van der Waals surface area (Å²) in [7, 11) is 0. The molecule has 0 bridgehead atoms. The van der Waals surface area contributed by atoms with Crippen LogP contribution in [0.4, 0.5) is 5.69 Å². The van der Waals surface area contributed by atoms with Crippen LogP contribution >= 0.6 is 0 Å². The van der Waals surface area contributed by atoms with E-state index in [0.29, 0.717) is 62.2 Å². The number of carboxylic acids is 1. The average molecular weight is 779 g/mol. The molecule has 3 aromatic rings. The van der Waals surface area contributed by atoms with Gasteiger partial charge < -0.3 is 30.5 Å². The van der Waals surface area contributed by atoms with Crippen molar-refractivity contribution in [2.75, 3.05) is 11.9 Å². The number of nitrogens with zero attached hydrogens (tertiary/aromatic N) is 1. The van der Waals surface area contributed by atoms with Gasteiger partial charge in [0, 0.05) is 23.9 Å². The number of carboxylic acid groups (broad SMARTS) is 1. The Morgan fingerprint density at radius 2 is 1.79 bits per heavy atom. The SMILES string of the molecule is CCCCOC(=O)c1c(C)nc2ccccc2c1NCc1ccc(C#C[C@@]2(O)CCC3(C)C(CC(O)C4C3CC(O)C3(C)C4CC[C@@H]3C(C)CCC(=O)O)C2)cc1. The van der Waals surface area contributed by atoms with Crippen molar-refractivity contribution < 1.29 is 34.8 Å². The van der Waals surface area contributed by atoms with Crippen LogP contribution in [0.2, 0.25) is 0 Å². The summed E-state index contributed by atoms with van der Waals surface area (Å²) in [6, 6.07) is 15.7. The number of para-hydroxylation sites is 1. The summed E-state index contributed by atoms with van der Waals surface area (Å²) in [4.78, 5) is 29.3. The van der Waals surface area contributed by atoms with Crippen molar-refractivity contribution in [3.05, 3.63) is 70.9 Å². The van der Waals surface area contributed by atoms with Gasteiger partial charge in [0.1, 0.15) is 11.2 Å². The zero-order chi connectivity index (χ0) is 40.7. The van der Waals surface area contributed by atoms with Crippen LogP contribution < -0.4 is 5.32 Å². The molecule has 0 amide bonds. The smallest absolute Gasteiger partial charge is 0.342 e. The van der Waals surface area contributed by atoms with Crippen molar-refractivity contribution in [3.63, 3.8) is 0 Å². The van der Waals surface area contributed by atoms with E-state index in [4.69, 9.17) is 4.74 Å². The van der Waals surface area contributed by atoms with Gasteiger partial charge >= 0.3 is 11.9 Å². The average Bonchev–Trinajstić information content (AvgIpc) is 3.55. The number of esters is 1. The number of benzene rings is 2. The first kappa shape index (κ1) is 41.2. The molecule has 4 fully saturated rings. The van der Waals surface area contributed by atoms with Gasteiger partial charge in [-0.25, -0.2) is 4.79 Å². The van der Waals surface area contributed by atoms with E-state index in [2.05, 4.69) is 49.8 Å². The Morgan fingerprint density at radius 3 is 2.53 bits per heavy atom. The van der Waals surface area contributed by atoms with Gasteiger partial charge in [-0.05, 0) is 135 Å². The van der Waals surface area contributed by atoms with Crippen molar-refractivity contribution in [1.82, 2.24) is 4.98 Å². The van der Waals surface area contributed by atoms with Crippen LogP contribution in [0.15, 0.2) is 48.5 Å². The molecular weight excluding hydrogens is 717 g/mol. The summed E-state index contributed by atoms with van der Waals surface area (Å²) in [5.41, 5.74) is 2.78. The largest absolute Gasteiger partial charge is 0.481 e. The van der Waals surface area contributed by atoms with Crippen molar-refractivity contribution in [1.29, 1.82) is 0 Å². The number of aliphatic carboxylic acids is 1. The number of aryl methyl sites for hydroxylation is 1. The first-order valence-corrected chi connectivity index (χ1v) is 21.4. The zero-order valence-electron chi connectivity index (χ0n) is 34.4. The molecule has 0 spiro atoms. The molecule has 0 saturated heterocycles. The third-order valence-electron chi connectivity index (χ3n) is 15.3. The van der Waals surface area contributed by atoms with Crippen molar-refractivity contribution >= 4 is 28.5 Å². The molecule has 4 aliphatic rings. The monoisotopic (exact) mass is 778 g/mol. The van der Waals surface area contributed by atoms with E-state index in [9.17, 15) is 30.0 Å². The van der Waals surface area contributed by atoms with Gasteiger partial charge in [0.05, 0.1) is 35.7 Å². The Labute approximate surface area is 338 Å². The lowest BCUT2D eigenvalue weighted by molar-refractivity contribution is -0.211. The summed E-state index contributed by atoms with van der Waals surface area (Å²) in [6.45, 7) is 11.4. The molecule has 4 aliphatic carbocycles. The van der Waals surface area contributed by atoms with Crippen LogP contribution in [-0.2, 0) is 16.1 Å². The minimum absolute atomic E-state index is 0.0835. The number of hydrogen-bond donors (Lipinski definition) is 5. The Morgan fingerprint density at radius 1 is 1.04 bits per heavy atom. The summed E-state index contributed by atoms with van der Waals surface area (Å²) in [6.07, 6.45) is 6.46. The van der Waals surface area contributed by atoms with Gasteiger partial charge in [0.2, 0.25) is 0 Å². The number of aliphatic hydroxyl groups excluding tert-OH is 2. The van der Waals surface area contributed by atoms with E-state index >= 15 is 0 Å². The second kappa shape index (κ2) is 16.4. The molecule has 1 aromatic heterocycles. The molecular formula is C48H62N2O7. The highest BCUT2D eigenvalue weighted by Gasteiger charge is 2.66. The number of ether oxygens (including phenoxy) is 1. The van der Waals surface area contributed by atoms with E-state index in [1.54, 1.807) is 0 Å². The van der Waals surface area contributed by atoms with Gasteiger partial charge in [-0.3, -0.25) is 9.78 Å². The van der Waals surface area contributed by atoms with Crippen LogP contribution in [-0.4, -0.2) is 61.8 Å². The highest BCUT2D eigenvalue weighted by Crippen LogP contribution is 2.69. The molecule has 0 radical (unpaired) electrons. The molecule has 1 heterocycles. The molecule has 7 rings (SSSR count). The third kappa shape index (κ3) is 7.82. The van der Waals surface area contributed by atoms with Gasteiger partial charge in [0.15, 0.2) is 0 Å². The van der Waals surface area contributed by atoms with Crippen molar-refractivity contribution in [3.8, 4) is 11.8 Å². The maximum absolute atomic E-state index is 13.2. The summed E-state index contributed by atoms with van der Waals surface area (Å²) >= 11 is 0. The number of anilines is 1. The minimum atomic E-state index is -1.17. The van der Waals surface area contributed by atoms with Gasteiger partial charge in [-0.2, -0.15) is 0 Å². The molecule has 57 heavy (non-hydrogen) atoms. The maximum Gasteiger partial charge on any atom is 0.342 e. The predicted molar refractivity (Wildman–Crippen MR) is 221 cm³/mol. The fourth-order valence-electron chi connectivity index (χ4n) is 12.0.